The highest BCUT2D eigenvalue weighted by molar-refractivity contribution is 5.98. The second-order valence-electron chi connectivity index (χ2n) is 5.88. The minimum absolute atomic E-state index is 0.250. The van der Waals surface area contributed by atoms with Gasteiger partial charge in [0.2, 0.25) is 0 Å². The topological polar surface area (TPSA) is 36.7 Å². The Kier molecular flexibility index (Phi) is 3.18. The third kappa shape index (κ3) is 2.29. The van der Waals surface area contributed by atoms with Crippen molar-refractivity contribution < 1.29 is 4.39 Å². The van der Waals surface area contributed by atoms with Gasteiger partial charge in [-0.15, -0.1) is 0 Å². The van der Waals surface area contributed by atoms with Crippen molar-refractivity contribution in [2.45, 2.75) is 6.54 Å². The van der Waals surface area contributed by atoms with Crippen molar-refractivity contribution in [2.75, 3.05) is 33.2 Å². The summed E-state index contributed by atoms with van der Waals surface area (Å²) in [5.41, 5.74) is 1.73. The van der Waals surface area contributed by atoms with E-state index in [0.717, 1.165) is 43.4 Å². The van der Waals surface area contributed by atoms with Crippen LogP contribution in [0.3, 0.4) is 0 Å². The summed E-state index contributed by atoms with van der Waals surface area (Å²) in [5.74, 6) is 1.46. The third-order valence-electron chi connectivity index (χ3n) is 4.33. The lowest BCUT2D eigenvalue weighted by Crippen LogP contribution is -2.47. The summed E-state index contributed by atoms with van der Waals surface area (Å²) in [4.78, 5) is 13.8. The Bertz CT molecular complexity index is 728. The van der Waals surface area contributed by atoms with E-state index in [1.165, 1.54) is 12.1 Å². The number of piperazine rings is 1. The molecule has 2 aromatic rings. The summed E-state index contributed by atoms with van der Waals surface area (Å²) in [6.07, 6.45) is 3.76. The fraction of sp³-hybridized carbons (Fsp3) is 0.375. The van der Waals surface area contributed by atoms with E-state index < -0.39 is 0 Å². The SMILES string of the molecule is CN1CCN(C2=Nc3cc(F)ccc3Cn3ccnc32)CC1. The molecule has 0 aliphatic carbocycles. The number of nitrogens with zero attached hydrogens (tertiary/aromatic N) is 5. The number of amidine groups is 1. The van der Waals surface area contributed by atoms with E-state index in [9.17, 15) is 4.39 Å². The van der Waals surface area contributed by atoms with Gasteiger partial charge in [0, 0.05) is 38.6 Å². The molecule has 1 fully saturated rings. The van der Waals surface area contributed by atoms with Gasteiger partial charge in [0.1, 0.15) is 5.82 Å². The van der Waals surface area contributed by atoms with Crippen LogP contribution in [0.15, 0.2) is 35.6 Å². The van der Waals surface area contributed by atoms with Gasteiger partial charge in [-0.1, -0.05) is 6.07 Å². The molecule has 2 aliphatic rings. The van der Waals surface area contributed by atoms with Crippen LogP contribution in [0.4, 0.5) is 10.1 Å². The van der Waals surface area contributed by atoms with Gasteiger partial charge in [0.25, 0.3) is 0 Å². The third-order valence-corrected chi connectivity index (χ3v) is 4.33. The first-order valence-electron chi connectivity index (χ1n) is 7.53. The van der Waals surface area contributed by atoms with Crippen molar-refractivity contribution in [1.82, 2.24) is 19.4 Å². The van der Waals surface area contributed by atoms with Crippen molar-refractivity contribution in [3.63, 3.8) is 0 Å². The summed E-state index contributed by atoms with van der Waals surface area (Å²) < 4.78 is 15.7. The zero-order chi connectivity index (χ0) is 15.1. The molecule has 22 heavy (non-hydrogen) atoms. The second-order valence-corrected chi connectivity index (χ2v) is 5.88. The van der Waals surface area contributed by atoms with Crippen LogP contribution in [0.2, 0.25) is 0 Å². The first-order valence-corrected chi connectivity index (χ1v) is 7.53. The van der Waals surface area contributed by atoms with Gasteiger partial charge in [-0.05, 0) is 24.7 Å². The quantitative estimate of drug-likeness (QED) is 0.743. The first-order chi connectivity index (χ1) is 10.7. The van der Waals surface area contributed by atoms with Crippen molar-refractivity contribution in [3.8, 4) is 0 Å². The fourth-order valence-corrected chi connectivity index (χ4v) is 3.00. The number of aromatic nitrogens is 2. The van der Waals surface area contributed by atoms with E-state index >= 15 is 0 Å². The molecule has 1 aromatic heterocycles. The molecule has 5 nitrogen and oxygen atoms in total. The van der Waals surface area contributed by atoms with Gasteiger partial charge in [-0.2, -0.15) is 0 Å². The molecule has 2 aliphatic heterocycles. The molecule has 4 rings (SSSR count). The maximum atomic E-state index is 13.6. The molecule has 6 heteroatoms. The average molecular weight is 299 g/mol. The van der Waals surface area contributed by atoms with Gasteiger partial charge >= 0.3 is 0 Å². The van der Waals surface area contributed by atoms with Crippen LogP contribution in [0.25, 0.3) is 0 Å². The molecule has 0 unspecified atom stereocenters. The lowest BCUT2D eigenvalue weighted by atomic mass is 10.2. The van der Waals surface area contributed by atoms with Crippen LogP contribution < -0.4 is 0 Å². The summed E-state index contributed by atoms with van der Waals surface area (Å²) in [5, 5.41) is 0. The van der Waals surface area contributed by atoms with Crippen molar-refractivity contribution >= 4 is 11.5 Å². The van der Waals surface area contributed by atoms with Crippen LogP contribution in [0.5, 0.6) is 0 Å². The van der Waals surface area contributed by atoms with Crippen LogP contribution >= 0.6 is 0 Å². The van der Waals surface area contributed by atoms with Crippen LogP contribution in [-0.2, 0) is 6.54 Å². The monoisotopic (exact) mass is 299 g/mol. The largest absolute Gasteiger partial charge is 0.351 e. The minimum atomic E-state index is -0.250. The van der Waals surface area contributed by atoms with Gasteiger partial charge in [0.15, 0.2) is 11.7 Å². The maximum absolute atomic E-state index is 13.6. The number of hydrogen-bond donors (Lipinski definition) is 0. The summed E-state index contributed by atoms with van der Waals surface area (Å²) in [6, 6.07) is 4.81. The number of benzene rings is 1. The Balaban J connectivity index is 1.80. The van der Waals surface area contributed by atoms with Crippen molar-refractivity contribution in [3.05, 3.63) is 47.8 Å². The molecule has 0 N–H and O–H groups in total. The molecular weight excluding hydrogens is 281 g/mol. The summed E-state index contributed by atoms with van der Waals surface area (Å²) in [7, 11) is 2.12. The number of likely N-dealkylation sites (N-methyl/N-ethyl adjacent to an activating group) is 1. The number of rotatable bonds is 0. The van der Waals surface area contributed by atoms with Crippen molar-refractivity contribution in [1.29, 1.82) is 0 Å². The van der Waals surface area contributed by atoms with Gasteiger partial charge < -0.3 is 14.4 Å². The molecule has 1 aromatic carbocycles. The predicted octanol–water partition coefficient (Wildman–Crippen LogP) is 1.71. The fourth-order valence-electron chi connectivity index (χ4n) is 3.00. The molecular formula is C16H18FN5. The highest BCUT2D eigenvalue weighted by Gasteiger charge is 2.25. The Hall–Kier alpha value is -2.21. The Labute approximate surface area is 128 Å². The molecule has 0 bridgehead atoms. The zero-order valence-corrected chi connectivity index (χ0v) is 12.5. The van der Waals surface area contributed by atoms with E-state index in [2.05, 4.69) is 26.4 Å². The normalized spacial score (nSPS) is 18.5. The Morgan fingerprint density at radius 2 is 1.95 bits per heavy atom. The first kappa shape index (κ1) is 13.5. The van der Waals surface area contributed by atoms with Crippen LogP contribution in [0, 0.1) is 5.82 Å². The Morgan fingerprint density at radius 1 is 1.14 bits per heavy atom. The number of fused-ring (bicyclic) bond motifs is 2. The lowest BCUT2D eigenvalue weighted by molar-refractivity contribution is 0.215. The molecule has 114 valence electrons. The number of aliphatic imine (C=N–C) groups is 1. The molecule has 3 heterocycles. The lowest BCUT2D eigenvalue weighted by Gasteiger charge is -2.34. The van der Waals surface area contributed by atoms with Gasteiger partial charge in [-0.25, -0.2) is 14.4 Å². The minimum Gasteiger partial charge on any atom is -0.351 e. The van der Waals surface area contributed by atoms with E-state index in [4.69, 9.17) is 4.99 Å². The van der Waals surface area contributed by atoms with Gasteiger partial charge in [-0.3, -0.25) is 0 Å². The second kappa shape index (κ2) is 5.21. The van der Waals surface area contributed by atoms with Crippen LogP contribution in [0.1, 0.15) is 11.4 Å². The average Bonchev–Trinajstić information content (AvgIpc) is 2.91. The molecule has 0 radical (unpaired) electrons. The van der Waals surface area contributed by atoms with E-state index in [-0.39, 0.29) is 5.82 Å². The number of halogens is 1. The molecule has 0 spiro atoms. The number of hydrogen-bond acceptors (Lipinski definition) is 4. The zero-order valence-electron chi connectivity index (χ0n) is 12.5. The maximum Gasteiger partial charge on any atom is 0.176 e. The predicted molar refractivity (Wildman–Crippen MR) is 83.0 cm³/mol. The van der Waals surface area contributed by atoms with E-state index in [1.807, 2.05) is 12.3 Å². The summed E-state index contributed by atoms with van der Waals surface area (Å²) in [6.45, 7) is 4.48. The smallest absolute Gasteiger partial charge is 0.176 e. The number of imidazole rings is 1. The molecule has 1 saturated heterocycles. The van der Waals surface area contributed by atoms with E-state index in [1.54, 1.807) is 6.20 Å². The van der Waals surface area contributed by atoms with Crippen LogP contribution in [-0.4, -0.2) is 58.4 Å². The standard InChI is InChI=1S/C16H18FN5/c1-20-6-8-21(9-7-20)16-15-18-4-5-22(15)11-12-2-3-13(17)10-14(12)19-16/h2-5,10H,6-9,11H2,1H3. The van der Waals surface area contributed by atoms with E-state index in [0.29, 0.717) is 12.2 Å². The molecule has 0 saturated carbocycles. The van der Waals surface area contributed by atoms with Crippen molar-refractivity contribution in [2.24, 2.45) is 4.99 Å². The molecule has 0 amide bonds. The summed E-state index contributed by atoms with van der Waals surface area (Å²) >= 11 is 0. The molecule has 0 atom stereocenters. The highest BCUT2D eigenvalue weighted by Crippen LogP contribution is 2.27. The van der Waals surface area contributed by atoms with Gasteiger partial charge in [0.05, 0.1) is 12.2 Å². The Morgan fingerprint density at radius 3 is 2.77 bits per heavy atom. The highest BCUT2D eigenvalue weighted by atomic mass is 19.1.